The molecule has 114 valence electrons. The molecule has 23 heavy (non-hydrogen) atoms. The van der Waals surface area contributed by atoms with Crippen LogP contribution in [0.25, 0.3) is 16.5 Å². The van der Waals surface area contributed by atoms with Gasteiger partial charge < -0.3 is 10.7 Å². The number of amides is 2. The summed E-state index contributed by atoms with van der Waals surface area (Å²) in [7, 11) is 0. The molecule has 0 saturated heterocycles. The monoisotopic (exact) mass is 305 g/mol. The normalized spacial score (nSPS) is 13.3. The molecule has 2 amide bonds. The van der Waals surface area contributed by atoms with Crippen molar-refractivity contribution < 1.29 is 9.59 Å². The van der Waals surface area contributed by atoms with Crippen molar-refractivity contribution in [2.75, 3.05) is 5.73 Å². The Morgan fingerprint density at radius 3 is 2.13 bits per heavy atom. The van der Waals surface area contributed by atoms with E-state index in [1.807, 2.05) is 60.7 Å². The van der Waals surface area contributed by atoms with Gasteiger partial charge in [-0.3, -0.25) is 14.9 Å². The number of benzene rings is 2. The minimum Gasteiger partial charge on any atom is -0.399 e. The number of aromatic amines is 1. The number of hydrogen-bond donors (Lipinski definition) is 3. The van der Waals surface area contributed by atoms with Crippen LogP contribution < -0.4 is 11.1 Å². The third kappa shape index (κ3) is 3.29. The summed E-state index contributed by atoms with van der Waals surface area (Å²) in [5.74, 6) is -0.713. The molecule has 0 saturated carbocycles. The summed E-state index contributed by atoms with van der Waals surface area (Å²) < 4.78 is 0. The van der Waals surface area contributed by atoms with E-state index < -0.39 is 0 Å². The molecule has 0 atom stereocenters. The van der Waals surface area contributed by atoms with E-state index in [0.29, 0.717) is 11.3 Å². The minimum atomic E-state index is -0.362. The molecular weight excluding hydrogens is 290 g/mol. The number of hydrogen-bond acceptors (Lipinski definition) is 3. The van der Waals surface area contributed by atoms with Crippen LogP contribution in [0.3, 0.4) is 0 Å². The first-order valence-electron chi connectivity index (χ1n) is 7.09. The van der Waals surface area contributed by atoms with Gasteiger partial charge >= 0.3 is 0 Å². The summed E-state index contributed by atoms with van der Waals surface area (Å²) in [4.78, 5) is 25.6. The molecule has 2 heterocycles. The summed E-state index contributed by atoms with van der Waals surface area (Å²) >= 11 is 0. The number of nitrogens with one attached hydrogen (secondary N) is 2. The molecule has 4 rings (SSSR count). The van der Waals surface area contributed by atoms with E-state index in [1.54, 1.807) is 0 Å². The maximum absolute atomic E-state index is 11.4. The van der Waals surface area contributed by atoms with Crippen LogP contribution in [0.15, 0.2) is 66.7 Å². The average molecular weight is 305 g/mol. The van der Waals surface area contributed by atoms with Crippen LogP contribution in [0.2, 0.25) is 0 Å². The van der Waals surface area contributed by atoms with Crippen LogP contribution >= 0.6 is 0 Å². The highest BCUT2D eigenvalue weighted by Crippen LogP contribution is 2.22. The molecular formula is C18H15N3O2. The fourth-order valence-electron chi connectivity index (χ4n) is 2.28. The standard InChI is InChI=1S/C12H8N2O2.C6H7N/c15-11-6-8(12(16)14-11)10-5-7-3-1-2-4-9(7)13-10;7-6-4-2-1-3-5-6/h1-6,13H,(H,14,15,16);1-5H,7H2. The Labute approximate surface area is 132 Å². The van der Waals surface area contributed by atoms with Gasteiger partial charge in [-0.05, 0) is 24.3 Å². The number of H-pyrrole nitrogens is 1. The molecule has 1 aromatic heterocycles. The van der Waals surface area contributed by atoms with Gasteiger partial charge in [0, 0.05) is 22.7 Å². The molecule has 0 unspecified atom stereocenters. The van der Waals surface area contributed by atoms with E-state index in [4.69, 9.17) is 5.73 Å². The largest absolute Gasteiger partial charge is 0.399 e. The van der Waals surface area contributed by atoms with Crippen LogP contribution in [0, 0.1) is 0 Å². The number of carbonyl (C=O) groups excluding carboxylic acids is 2. The maximum Gasteiger partial charge on any atom is 0.260 e. The Morgan fingerprint density at radius 2 is 1.57 bits per heavy atom. The molecule has 0 fully saturated rings. The van der Waals surface area contributed by atoms with Crippen LogP contribution in [-0.2, 0) is 9.59 Å². The summed E-state index contributed by atoms with van der Waals surface area (Å²) in [6, 6.07) is 19.1. The Bertz CT molecular complexity index is 862. The highest BCUT2D eigenvalue weighted by atomic mass is 16.2. The van der Waals surface area contributed by atoms with E-state index in [-0.39, 0.29) is 11.8 Å². The zero-order valence-corrected chi connectivity index (χ0v) is 12.2. The predicted molar refractivity (Wildman–Crippen MR) is 90.3 cm³/mol. The Hall–Kier alpha value is -3.34. The molecule has 0 bridgehead atoms. The third-order valence-electron chi connectivity index (χ3n) is 3.38. The number of fused-ring (bicyclic) bond motifs is 1. The van der Waals surface area contributed by atoms with Gasteiger partial charge in [-0.1, -0.05) is 36.4 Å². The fourth-order valence-corrected chi connectivity index (χ4v) is 2.28. The first kappa shape index (κ1) is 14.6. The van der Waals surface area contributed by atoms with Gasteiger partial charge in [0.1, 0.15) is 0 Å². The van der Waals surface area contributed by atoms with Gasteiger partial charge in [0.25, 0.3) is 11.8 Å². The van der Waals surface area contributed by atoms with Crippen molar-refractivity contribution in [2.24, 2.45) is 0 Å². The molecule has 1 aliphatic rings. The lowest BCUT2D eigenvalue weighted by Gasteiger charge is -1.93. The molecule has 5 heteroatoms. The molecule has 0 spiro atoms. The molecule has 0 aliphatic carbocycles. The lowest BCUT2D eigenvalue weighted by atomic mass is 10.2. The summed E-state index contributed by atoms with van der Waals surface area (Å²) in [5, 5.41) is 3.24. The predicted octanol–water partition coefficient (Wildman–Crippen LogP) is 2.48. The van der Waals surface area contributed by atoms with Crippen molar-refractivity contribution in [3.8, 4) is 0 Å². The lowest BCUT2D eigenvalue weighted by Crippen LogP contribution is -2.21. The zero-order chi connectivity index (χ0) is 16.2. The van der Waals surface area contributed by atoms with Crippen molar-refractivity contribution in [1.82, 2.24) is 10.3 Å². The Balaban J connectivity index is 0.000000188. The van der Waals surface area contributed by atoms with Gasteiger partial charge in [0.05, 0.1) is 11.3 Å². The molecule has 1 aliphatic heterocycles. The van der Waals surface area contributed by atoms with Crippen LogP contribution in [-0.4, -0.2) is 16.8 Å². The lowest BCUT2D eigenvalue weighted by molar-refractivity contribution is -0.123. The molecule has 4 N–H and O–H groups in total. The number of anilines is 1. The van der Waals surface area contributed by atoms with E-state index in [9.17, 15) is 9.59 Å². The number of rotatable bonds is 1. The first-order chi connectivity index (χ1) is 11.1. The minimum absolute atomic E-state index is 0.350. The molecule has 2 aromatic carbocycles. The average Bonchev–Trinajstić information content (AvgIpc) is 3.11. The number of imide groups is 1. The van der Waals surface area contributed by atoms with Crippen LogP contribution in [0.4, 0.5) is 5.69 Å². The Kier molecular flexibility index (Phi) is 3.93. The van der Waals surface area contributed by atoms with E-state index in [2.05, 4.69) is 10.3 Å². The van der Waals surface area contributed by atoms with Crippen molar-refractivity contribution in [2.45, 2.75) is 0 Å². The molecule has 5 nitrogen and oxygen atoms in total. The summed E-state index contributed by atoms with van der Waals surface area (Å²) in [6.45, 7) is 0. The second-order valence-corrected chi connectivity index (χ2v) is 5.06. The van der Waals surface area contributed by atoms with E-state index in [0.717, 1.165) is 16.6 Å². The summed E-state index contributed by atoms with van der Waals surface area (Å²) in [5.41, 5.74) is 8.19. The van der Waals surface area contributed by atoms with Crippen molar-refractivity contribution >= 4 is 34.0 Å². The van der Waals surface area contributed by atoms with Crippen LogP contribution in [0.1, 0.15) is 5.69 Å². The van der Waals surface area contributed by atoms with E-state index in [1.165, 1.54) is 6.08 Å². The highest BCUT2D eigenvalue weighted by Gasteiger charge is 2.23. The quantitative estimate of drug-likeness (QED) is 0.477. The Morgan fingerprint density at radius 1 is 0.870 bits per heavy atom. The molecule has 0 radical (unpaired) electrons. The number of para-hydroxylation sites is 2. The SMILES string of the molecule is Nc1ccccc1.O=C1C=C(c2cc3ccccc3[nH]2)C(=O)N1. The van der Waals surface area contributed by atoms with Crippen molar-refractivity contribution in [1.29, 1.82) is 0 Å². The third-order valence-corrected chi connectivity index (χ3v) is 3.38. The first-order valence-corrected chi connectivity index (χ1v) is 7.09. The van der Waals surface area contributed by atoms with E-state index >= 15 is 0 Å². The number of nitrogens with two attached hydrogens (primary N) is 1. The van der Waals surface area contributed by atoms with Gasteiger partial charge in [-0.15, -0.1) is 0 Å². The number of nitrogen functional groups attached to an aromatic ring is 1. The fraction of sp³-hybridized carbons (Fsp3) is 0. The van der Waals surface area contributed by atoms with Gasteiger partial charge in [0.2, 0.25) is 0 Å². The van der Waals surface area contributed by atoms with Crippen molar-refractivity contribution in [3.63, 3.8) is 0 Å². The van der Waals surface area contributed by atoms with Crippen LogP contribution in [0.5, 0.6) is 0 Å². The maximum atomic E-state index is 11.4. The zero-order valence-electron chi connectivity index (χ0n) is 12.2. The van der Waals surface area contributed by atoms with Gasteiger partial charge in [-0.25, -0.2) is 0 Å². The number of aromatic nitrogens is 1. The smallest absolute Gasteiger partial charge is 0.260 e. The second-order valence-electron chi connectivity index (χ2n) is 5.06. The van der Waals surface area contributed by atoms with Gasteiger partial charge in [0.15, 0.2) is 0 Å². The topological polar surface area (TPSA) is 88.0 Å². The van der Waals surface area contributed by atoms with Gasteiger partial charge in [-0.2, -0.15) is 0 Å². The summed E-state index contributed by atoms with van der Waals surface area (Å²) in [6.07, 6.45) is 1.31. The highest BCUT2D eigenvalue weighted by molar-refractivity contribution is 6.33. The number of carbonyl (C=O) groups is 2. The molecule has 3 aromatic rings. The second kappa shape index (κ2) is 6.19. The van der Waals surface area contributed by atoms with Crippen molar-refractivity contribution in [3.05, 3.63) is 72.4 Å².